The molecule has 1 aliphatic heterocycles. The summed E-state index contributed by atoms with van der Waals surface area (Å²) in [5, 5.41) is 10.5. The molecule has 1 saturated heterocycles. The zero-order valence-corrected chi connectivity index (χ0v) is 11.6. The van der Waals surface area contributed by atoms with Crippen molar-refractivity contribution >= 4 is 11.7 Å². The van der Waals surface area contributed by atoms with Gasteiger partial charge in [-0.3, -0.25) is 9.48 Å². The van der Waals surface area contributed by atoms with Gasteiger partial charge in [0.05, 0.1) is 5.92 Å². The normalized spacial score (nSPS) is 22.1. The van der Waals surface area contributed by atoms with Crippen molar-refractivity contribution in [3.8, 4) is 0 Å². The van der Waals surface area contributed by atoms with E-state index in [-0.39, 0.29) is 17.2 Å². The van der Waals surface area contributed by atoms with Gasteiger partial charge in [0, 0.05) is 31.9 Å². The number of amides is 1. The minimum atomic E-state index is 0.00424. The van der Waals surface area contributed by atoms with Gasteiger partial charge in [0.25, 0.3) is 0 Å². The van der Waals surface area contributed by atoms with Crippen molar-refractivity contribution in [3.63, 3.8) is 0 Å². The summed E-state index contributed by atoms with van der Waals surface area (Å²) in [6, 6.07) is 1.94. The minimum absolute atomic E-state index is 0.00424. The number of nitrogens with one attached hydrogen (secondary N) is 2. The van der Waals surface area contributed by atoms with Crippen LogP contribution in [-0.4, -0.2) is 28.8 Å². The first kappa shape index (κ1) is 13.1. The van der Waals surface area contributed by atoms with Crippen molar-refractivity contribution in [1.82, 2.24) is 15.1 Å². The zero-order valence-electron chi connectivity index (χ0n) is 11.6. The molecule has 1 atom stereocenters. The van der Waals surface area contributed by atoms with Gasteiger partial charge in [0.1, 0.15) is 0 Å². The molecule has 1 aromatic rings. The van der Waals surface area contributed by atoms with Crippen molar-refractivity contribution in [1.29, 1.82) is 0 Å². The number of aryl methyl sites for hydroxylation is 2. The Bertz CT molecular complexity index is 450. The van der Waals surface area contributed by atoms with Crippen LogP contribution in [0.1, 0.15) is 26.5 Å². The summed E-state index contributed by atoms with van der Waals surface area (Å²) in [4.78, 5) is 12.2. The fourth-order valence-corrected chi connectivity index (χ4v) is 2.50. The van der Waals surface area contributed by atoms with Gasteiger partial charge in [-0.2, -0.15) is 5.10 Å². The second-order valence-corrected chi connectivity index (χ2v) is 5.66. The van der Waals surface area contributed by atoms with Crippen molar-refractivity contribution in [2.75, 3.05) is 18.4 Å². The first-order valence-electron chi connectivity index (χ1n) is 6.48. The molecule has 0 aromatic carbocycles. The molecule has 1 unspecified atom stereocenters. The maximum atomic E-state index is 12.2. The van der Waals surface area contributed by atoms with Gasteiger partial charge >= 0.3 is 0 Å². The monoisotopic (exact) mass is 250 g/mol. The van der Waals surface area contributed by atoms with Gasteiger partial charge in [-0.15, -0.1) is 0 Å². The number of nitrogens with zero attached hydrogens (tertiary/aromatic N) is 2. The minimum Gasteiger partial charge on any atom is -0.315 e. The van der Waals surface area contributed by atoms with E-state index in [9.17, 15) is 4.79 Å². The Kier molecular flexibility index (Phi) is 3.43. The average Bonchev–Trinajstić information content (AvgIpc) is 2.81. The average molecular weight is 250 g/mol. The van der Waals surface area contributed by atoms with Crippen LogP contribution < -0.4 is 10.6 Å². The van der Waals surface area contributed by atoms with E-state index in [4.69, 9.17) is 0 Å². The van der Waals surface area contributed by atoms with E-state index in [0.717, 1.165) is 25.2 Å². The van der Waals surface area contributed by atoms with Gasteiger partial charge in [0.2, 0.25) is 5.91 Å². The standard InChI is InChI=1S/C13H22N4O/c1-5-9-6-11(16-17(9)4)15-12(18)10-7-14-8-13(10,2)3/h6,10,14H,5,7-8H2,1-4H3,(H,15,16,18). The lowest BCUT2D eigenvalue weighted by molar-refractivity contribution is -0.121. The molecule has 100 valence electrons. The third kappa shape index (κ3) is 2.41. The van der Waals surface area contributed by atoms with E-state index in [2.05, 4.69) is 36.5 Å². The summed E-state index contributed by atoms with van der Waals surface area (Å²) < 4.78 is 1.81. The first-order valence-corrected chi connectivity index (χ1v) is 6.48. The van der Waals surface area contributed by atoms with E-state index >= 15 is 0 Å². The quantitative estimate of drug-likeness (QED) is 0.846. The molecule has 2 rings (SSSR count). The van der Waals surface area contributed by atoms with E-state index in [1.54, 1.807) is 0 Å². The number of hydrogen-bond donors (Lipinski definition) is 2. The molecular weight excluding hydrogens is 228 g/mol. The predicted molar refractivity (Wildman–Crippen MR) is 71.4 cm³/mol. The predicted octanol–water partition coefficient (Wildman–Crippen LogP) is 1.17. The molecule has 0 bridgehead atoms. The fourth-order valence-electron chi connectivity index (χ4n) is 2.50. The van der Waals surface area contributed by atoms with E-state index in [1.807, 2.05) is 17.8 Å². The Balaban J connectivity index is 2.07. The number of aromatic nitrogens is 2. The largest absolute Gasteiger partial charge is 0.315 e. The highest BCUT2D eigenvalue weighted by Gasteiger charge is 2.39. The number of hydrogen-bond acceptors (Lipinski definition) is 3. The van der Waals surface area contributed by atoms with E-state index in [0.29, 0.717) is 5.82 Å². The van der Waals surface area contributed by atoms with Gasteiger partial charge in [0.15, 0.2) is 5.82 Å². The van der Waals surface area contributed by atoms with Gasteiger partial charge in [-0.05, 0) is 11.8 Å². The van der Waals surface area contributed by atoms with Crippen LogP contribution in [0.3, 0.4) is 0 Å². The molecule has 1 aromatic heterocycles. The molecular formula is C13H22N4O. The lowest BCUT2D eigenvalue weighted by Crippen LogP contribution is -2.33. The van der Waals surface area contributed by atoms with E-state index in [1.165, 1.54) is 0 Å². The molecule has 2 heterocycles. The van der Waals surface area contributed by atoms with Crippen LogP contribution in [0, 0.1) is 11.3 Å². The van der Waals surface area contributed by atoms with Crippen molar-refractivity contribution in [3.05, 3.63) is 11.8 Å². The molecule has 1 aliphatic rings. The first-order chi connectivity index (χ1) is 8.44. The lowest BCUT2D eigenvalue weighted by Gasteiger charge is -2.24. The molecule has 1 amide bonds. The molecule has 5 heteroatoms. The Morgan fingerprint density at radius 1 is 1.67 bits per heavy atom. The SMILES string of the molecule is CCc1cc(NC(=O)C2CNCC2(C)C)nn1C. The van der Waals surface area contributed by atoms with Crippen LogP contribution in [0.25, 0.3) is 0 Å². The zero-order chi connectivity index (χ0) is 13.3. The van der Waals surface area contributed by atoms with Gasteiger partial charge < -0.3 is 10.6 Å². The van der Waals surface area contributed by atoms with Gasteiger partial charge in [-0.1, -0.05) is 20.8 Å². The summed E-state index contributed by atoms with van der Waals surface area (Å²) in [5.41, 5.74) is 1.13. The third-order valence-corrected chi connectivity index (χ3v) is 3.78. The summed E-state index contributed by atoms with van der Waals surface area (Å²) >= 11 is 0. The topological polar surface area (TPSA) is 59.0 Å². The van der Waals surface area contributed by atoms with Crippen LogP contribution >= 0.6 is 0 Å². The number of carbonyl (C=O) groups excluding carboxylic acids is 1. The Labute approximate surface area is 108 Å². The molecule has 5 nitrogen and oxygen atoms in total. The fraction of sp³-hybridized carbons (Fsp3) is 0.692. The summed E-state index contributed by atoms with van der Waals surface area (Å²) in [7, 11) is 1.90. The Hall–Kier alpha value is -1.36. The van der Waals surface area contributed by atoms with Crippen LogP contribution in [0.5, 0.6) is 0 Å². The van der Waals surface area contributed by atoms with Crippen LogP contribution in [0.15, 0.2) is 6.07 Å². The number of carbonyl (C=O) groups is 1. The lowest BCUT2D eigenvalue weighted by atomic mass is 9.81. The van der Waals surface area contributed by atoms with Gasteiger partial charge in [-0.25, -0.2) is 0 Å². The molecule has 18 heavy (non-hydrogen) atoms. The number of rotatable bonds is 3. The molecule has 0 saturated carbocycles. The highest BCUT2D eigenvalue weighted by molar-refractivity contribution is 5.92. The number of anilines is 1. The smallest absolute Gasteiger partial charge is 0.230 e. The summed E-state index contributed by atoms with van der Waals surface area (Å²) in [6.45, 7) is 7.94. The third-order valence-electron chi connectivity index (χ3n) is 3.78. The summed E-state index contributed by atoms with van der Waals surface area (Å²) in [5.74, 6) is 0.720. The molecule has 2 N–H and O–H groups in total. The summed E-state index contributed by atoms with van der Waals surface area (Å²) in [6.07, 6.45) is 0.913. The van der Waals surface area contributed by atoms with Crippen LogP contribution in [0.2, 0.25) is 0 Å². The second kappa shape index (κ2) is 4.72. The van der Waals surface area contributed by atoms with Crippen molar-refractivity contribution < 1.29 is 4.79 Å². The molecule has 0 aliphatic carbocycles. The molecule has 0 spiro atoms. The highest BCUT2D eigenvalue weighted by Crippen LogP contribution is 2.30. The van der Waals surface area contributed by atoms with Crippen molar-refractivity contribution in [2.45, 2.75) is 27.2 Å². The maximum absolute atomic E-state index is 12.2. The van der Waals surface area contributed by atoms with Crippen LogP contribution in [0.4, 0.5) is 5.82 Å². The Morgan fingerprint density at radius 2 is 2.39 bits per heavy atom. The molecule has 0 radical (unpaired) electrons. The second-order valence-electron chi connectivity index (χ2n) is 5.66. The molecule has 1 fully saturated rings. The van der Waals surface area contributed by atoms with E-state index < -0.39 is 0 Å². The highest BCUT2D eigenvalue weighted by atomic mass is 16.2. The van der Waals surface area contributed by atoms with Crippen LogP contribution in [-0.2, 0) is 18.3 Å². The van der Waals surface area contributed by atoms with Crippen molar-refractivity contribution in [2.24, 2.45) is 18.4 Å². The Morgan fingerprint density at radius 3 is 2.89 bits per heavy atom. The maximum Gasteiger partial charge on any atom is 0.230 e.